The van der Waals surface area contributed by atoms with Gasteiger partial charge in [0, 0.05) is 25.2 Å². The van der Waals surface area contributed by atoms with E-state index < -0.39 is 14.9 Å². The van der Waals surface area contributed by atoms with Crippen LogP contribution in [0.2, 0.25) is 0 Å². The fourth-order valence-corrected chi connectivity index (χ4v) is 4.21. The van der Waals surface area contributed by atoms with Gasteiger partial charge >= 0.3 is 0 Å². The Labute approximate surface area is 158 Å². The second kappa shape index (κ2) is 9.57. The SMILES string of the molecule is CCCCCN(Cc1ccc(F)cc1)S(=O)(=O)Cc1ccc([N+](=O)[O-])cc1. The number of non-ortho nitro benzene ring substituents is 1. The molecule has 0 fully saturated rings. The van der Waals surface area contributed by atoms with Gasteiger partial charge in [-0.25, -0.2) is 12.8 Å². The molecule has 0 aliphatic carbocycles. The summed E-state index contributed by atoms with van der Waals surface area (Å²) in [6, 6.07) is 11.3. The Kier molecular flexibility index (Phi) is 7.44. The zero-order valence-electron chi connectivity index (χ0n) is 15.2. The molecule has 0 saturated carbocycles. The molecular formula is C19H23FN2O4S. The van der Waals surface area contributed by atoms with E-state index >= 15 is 0 Å². The van der Waals surface area contributed by atoms with Crippen LogP contribution in [0.3, 0.4) is 0 Å². The molecule has 0 aromatic heterocycles. The van der Waals surface area contributed by atoms with Crippen molar-refractivity contribution in [3.63, 3.8) is 0 Å². The number of halogens is 1. The first-order chi connectivity index (χ1) is 12.8. The molecule has 0 bridgehead atoms. The van der Waals surface area contributed by atoms with Crippen LogP contribution in [0.25, 0.3) is 0 Å². The lowest BCUT2D eigenvalue weighted by Crippen LogP contribution is -2.32. The fraction of sp³-hybridized carbons (Fsp3) is 0.368. The Bertz CT molecular complexity index is 852. The number of nitro groups is 1. The molecule has 0 N–H and O–H groups in total. The molecule has 0 spiro atoms. The fourth-order valence-electron chi connectivity index (χ4n) is 2.66. The van der Waals surface area contributed by atoms with Crippen molar-refractivity contribution in [1.29, 1.82) is 0 Å². The molecule has 0 heterocycles. The van der Waals surface area contributed by atoms with Gasteiger partial charge in [0.1, 0.15) is 5.82 Å². The van der Waals surface area contributed by atoms with Crippen molar-refractivity contribution < 1.29 is 17.7 Å². The number of nitrogens with zero attached hydrogens (tertiary/aromatic N) is 2. The molecule has 2 aromatic carbocycles. The summed E-state index contributed by atoms with van der Waals surface area (Å²) in [7, 11) is -3.63. The van der Waals surface area contributed by atoms with E-state index in [1.165, 1.54) is 40.7 Å². The Morgan fingerprint density at radius 3 is 2.15 bits per heavy atom. The predicted molar refractivity (Wildman–Crippen MR) is 102 cm³/mol. The average Bonchev–Trinajstić information content (AvgIpc) is 2.63. The van der Waals surface area contributed by atoms with Crippen LogP contribution in [0, 0.1) is 15.9 Å². The van der Waals surface area contributed by atoms with Crippen LogP contribution in [0.15, 0.2) is 48.5 Å². The van der Waals surface area contributed by atoms with Gasteiger partial charge in [0.2, 0.25) is 10.0 Å². The highest BCUT2D eigenvalue weighted by molar-refractivity contribution is 7.88. The van der Waals surface area contributed by atoms with Gasteiger partial charge in [-0.2, -0.15) is 4.31 Å². The van der Waals surface area contributed by atoms with Gasteiger partial charge in [0.05, 0.1) is 10.7 Å². The van der Waals surface area contributed by atoms with E-state index in [9.17, 15) is 22.9 Å². The highest BCUT2D eigenvalue weighted by atomic mass is 32.2. The third-order valence-electron chi connectivity index (χ3n) is 4.17. The molecule has 8 heteroatoms. The number of nitro benzene ring substituents is 1. The van der Waals surface area contributed by atoms with Gasteiger partial charge in [-0.15, -0.1) is 0 Å². The summed E-state index contributed by atoms with van der Waals surface area (Å²) in [5.74, 6) is -0.608. The van der Waals surface area contributed by atoms with Crippen molar-refractivity contribution in [2.45, 2.75) is 38.5 Å². The zero-order chi connectivity index (χ0) is 19.9. The molecule has 2 aromatic rings. The van der Waals surface area contributed by atoms with Gasteiger partial charge in [0.25, 0.3) is 5.69 Å². The summed E-state index contributed by atoms with van der Waals surface area (Å²) in [5, 5.41) is 10.7. The van der Waals surface area contributed by atoms with E-state index in [0.29, 0.717) is 17.7 Å². The van der Waals surface area contributed by atoms with E-state index in [-0.39, 0.29) is 23.8 Å². The lowest BCUT2D eigenvalue weighted by atomic mass is 10.2. The van der Waals surface area contributed by atoms with Gasteiger partial charge in [-0.3, -0.25) is 10.1 Å². The van der Waals surface area contributed by atoms with Crippen LogP contribution in [-0.4, -0.2) is 24.2 Å². The molecule has 0 saturated heterocycles. The molecule has 0 aliphatic heterocycles. The number of hydrogen-bond donors (Lipinski definition) is 0. The Morgan fingerprint density at radius 2 is 1.59 bits per heavy atom. The Balaban J connectivity index is 2.17. The monoisotopic (exact) mass is 394 g/mol. The van der Waals surface area contributed by atoms with Crippen molar-refractivity contribution in [3.8, 4) is 0 Å². The minimum atomic E-state index is -3.63. The van der Waals surface area contributed by atoms with Crippen molar-refractivity contribution in [2.24, 2.45) is 0 Å². The largest absolute Gasteiger partial charge is 0.269 e. The number of benzene rings is 2. The maximum absolute atomic E-state index is 13.1. The molecule has 27 heavy (non-hydrogen) atoms. The maximum Gasteiger partial charge on any atom is 0.269 e. The number of hydrogen-bond acceptors (Lipinski definition) is 4. The van der Waals surface area contributed by atoms with Crippen LogP contribution >= 0.6 is 0 Å². The Morgan fingerprint density at radius 1 is 1.00 bits per heavy atom. The summed E-state index contributed by atoms with van der Waals surface area (Å²) in [4.78, 5) is 10.2. The highest BCUT2D eigenvalue weighted by Crippen LogP contribution is 2.19. The summed E-state index contributed by atoms with van der Waals surface area (Å²) < 4.78 is 40.3. The van der Waals surface area contributed by atoms with E-state index in [4.69, 9.17) is 0 Å². The minimum absolute atomic E-state index is 0.0812. The van der Waals surface area contributed by atoms with Gasteiger partial charge in [-0.05, 0) is 29.7 Å². The molecule has 2 rings (SSSR count). The van der Waals surface area contributed by atoms with Gasteiger partial charge < -0.3 is 0 Å². The third kappa shape index (κ3) is 6.41. The second-order valence-electron chi connectivity index (χ2n) is 6.35. The quantitative estimate of drug-likeness (QED) is 0.343. The lowest BCUT2D eigenvalue weighted by molar-refractivity contribution is -0.384. The molecule has 0 radical (unpaired) electrons. The average molecular weight is 394 g/mol. The molecular weight excluding hydrogens is 371 g/mol. The first kappa shape index (κ1) is 21.0. The summed E-state index contributed by atoms with van der Waals surface area (Å²) in [5.41, 5.74) is 1.11. The molecule has 6 nitrogen and oxygen atoms in total. The van der Waals surface area contributed by atoms with Gasteiger partial charge in [-0.1, -0.05) is 44.0 Å². The molecule has 146 valence electrons. The predicted octanol–water partition coefficient (Wildman–Crippen LogP) is 4.26. The van der Waals surface area contributed by atoms with Crippen molar-refractivity contribution in [3.05, 3.63) is 75.6 Å². The first-order valence-corrected chi connectivity index (χ1v) is 10.4. The van der Waals surface area contributed by atoms with Crippen LogP contribution in [0.4, 0.5) is 10.1 Å². The molecule has 0 atom stereocenters. The van der Waals surface area contributed by atoms with E-state index in [0.717, 1.165) is 19.3 Å². The standard InChI is InChI=1S/C19H23FN2O4S/c1-2-3-4-13-21(14-16-5-9-18(20)10-6-16)27(25,26)15-17-7-11-19(12-8-17)22(23)24/h5-12H,2-4,13-15H2,1H3. The summed E-state index contributed by atoms with van der Waals surface area (Å²) in [6.07, 6.45) is 2.61. The van der Waals surface area contributed by atoms with Crippen molar-refractivity contribution in [1.82, 2.24) is 4.31 Å². The first-order valence-electron chi connectivity index (χ1n) is 8.77. The van der Waals surface area contributed by atoms with Gasteiger partial charge in [0.15, 0.2) is 0 Å². The Hall–Kier alpha value is -2.32. The van der Waals surface area contributed by atoms with Crippen LogP contribution in [-0.2, 0) is 22.3 Å². The topological polar surface area (TPSA) is 80.5 Å². The van der Waals surface area contributed by atoms with Crippen molar-refractivity contribution >= 4 is 15.7 Å². The van der Waals surface area contributed by atoms with E-state index in [1.54, 1.807) is 12.1 Å². The lowest BCUT2D eigenvalue weighted by Gasteiger charge is -2.22. The number of rotatable bonds is 10. The summed E-state index contributed by atoms with van der Waals surface area (Å²) >= 11 is 0. The number of unbranched alkanes of at least 4 members (excludes halogenated alkanes) is 2. The highest BCUT2D eigenvalue weighted by Gasteiger charge is 2.23. The molecule has 0 amide bonds. The number of sulfonamides is 1. The molecule has 0 aliphatic rings. The van der Waals surface area contributed by atoms with Crippen LogP contribution < -0.4 is 0 Å². The molecule has 0 unspecified atom stereocenters. The van der Waals surface area contributed by atoms with Crippen LogP contribution in [0.1, 0.15) is 37.3 Å². The van der Waals surface area contributed by atoms with E-state index in [1.807, 2.05) is 6.92 Å². The van der Waals surface area contributed by atoms with Crippen molar-refractivity contribution in [2.75, 3.05) is 6.54 Å². The summed E-state index contributed by atoms with van der Waals surface area (Å²) in [6.45, 7) is 2.58. The van der Waals surface area contributed by atoms with E-state index in [2.05, 4.69) is 0 Å². The third-order valence-corrected chi connectivity index (χ3v) is 5.97. The smallest absolute Gasteiger partial charge is 0.258 e. The normalized spacial score (nSPS) is 11.7. The van der Waals surface area contributed by atoms with Crippen LogP contribution in [0.5, 0.6) is 0 Å². The minimum Gasteiger partial charge on any atom is -0.258 e. The zero-order valence-corrected chi connectivity index (χ0v) is 16.0. The maximum atomic E-state index is 13.1. The second-order valence-corrected chi connectivity index (χ2v) is 8.32.